The third kappa shape index (κ3) is 25.8. The Bertz CT molecular complexity index is 388. The van der Waals surface area contributed by atoms with E-state index in [1.807, 2.05) is 0 Å². The fourth-order valence-electron chi connectivity index (χ4n) is 2.61. The topological polar surface area (TPSA) is 91.3 Å². The molecule has 0 aliphatic carbocycles. The average Bonchev–Trinajstić information content (AvgIpc) is 2.62. The second-order valence-corrected chi connectivity index (χ2v) is 7.71. The van der Waals surface area contributed by atoms with Crippen molar-refractivity contribution >= 4 is 10.4 Å². The summed E-state index contributed by atoms with van der Waals surface area (Å²) in [6, 6.07) is 0. The number of rotatable bonds is 22. The van der Waals surface area contributed by atoms with Crippen LogP contribution in [0, 0.1) is 0 Å². The fourth-order valence-corrected chi connectivity index (χ4v) is 2.89. The maximum atomic E-state index is 10.3. The van der Waals surface area contributed by atoms with Gasteiger partial charge in [-0.25, -0.2) is 4.18 Å². The van der Waals surface area contributed by atoms with Crippen LogP contribution in [0.15, 0.2) is 0 Å². The van der Waals surface area contributed by atoms with Crippen LogP contribution in [0.5, 0.6) is 0 Å². The first-order valence-corrected chi connectivity index (χ1v) is 11.8. The van der Waals surface area contributed by atoms with Gasteiger partial charge in [-0.05, 0) is 6.42 Å². The minimum Gasteiger partial charge on any atom is -0.379 e. The van der Waals surface area contributed by atoms with Crippen molar-refractivity contribution in [1.82, 2.24) is 0 Å². The average molecular weight is 413 g/mol. The summed E-state index contributed by atoms with van der Waals surface area (Å²) >= 11 is 0. The Kier molecular flexibility index (Phi) is 20.3. The number of unbranched alkanes of at least 4 members (excludes halogenated alkanes) is 10. The van der Waals surface area contributed by atoms with Crippen LogP contribution >= 0.6 is 0 Å². The molecule has 1 N–H and O–H groups in total. The van der Waals surface area contributed by atoms with Crippen LogP contribution in [0.3, 0.4) is 0 Å². The Labute approximate surface area is 166 Å². The zero-order valence-electron chi connectivity index (χ0n) is 17.0. The van der Waals surface area contributed by atoms with E-state index in [1.165, 1.54) is 64.2 Å². The summed E-state index contributed by atoms with van der Waals surface area (Å²) in [6.07, 6.45) is 14.6. The molecule has 0 radical (unpaired) electrons. The van der Waals surface area contributed by atoms with Gasteiger partial charge in [0.05, 0.1) is 39.6 Å². The summed E-state index contributed by atoms with van der Waals surface area (Å²) in [6.45, 7) is 4.75. The highest BCUT2D eigenvalue weighted by molar-refractivity contribution is 7.80. The largest absolute Gasteiger partial charge is 0.397 e. The third-order valence-corrected chi connectivity index (χ3v) is 4.56. The molecule has 0 fully saturated rings. The quantitative estimate of drug-likeness (QED) is 0.211. The van der Waals surface area contributed by atoms with Gasteiger partial charge in [0.15, 0.2) is 0 Å². The molecule has 0 rings (SSSR count). The first-order valence-electron chi connectivity index (χ1n) is 10.4. The van der Waals surface area contributed by atoms with Crippen molar-refractivity contribution in [3.63, 3.8) is 0 Å². The highest BCUT2D eigenvalue weighted by atomic mass is 32.3. The van der Waals surface area contributed by atoms with Crippen molar-refractivity contribution in [3.05, 3.63) is 0 Å². The lowest BCUT2D eigenvalue weighted by molar-refractivity contribution is 0.00854. The number of hydrogen-bond donors (Lipinski definition) is 1. The van der Waals surface area contributed by atoms with E-state index >= 15 is 0 Å². The monoisotopic (exact) mass is 412 g/mol. The van der Waals surface area contributed by atoms with Gasteiger partial charge in [0.2, 0.25) is 0 Å². The van der Waals surface area contributed by atoms with Gasteiger partial charge in [-0.1, -0.05) is 71.1 Å². The first kappa shape index (κ1) is 26.8. The van der Waals surface area contributed by atoms with Gasteiger partial charge in [0.1, 0.15) is 0 Å². The van der Waals surface area contributed by atoms with Gasteiger partial charge in [-0.3, -0.25) is 4.55 Å². The lowest BCUT2D eigenvalue weighted by atomic mass is 10.1. The van der Waals surface area contributed by atoms with Gasteiger partial charge < -0.3 is 14.2 Å². The van der Waals surface area contributed by atoms with Gasteiger partial charge in [0.25, 0.3) is 0 Å². The summed E-state index contributed by atoms with van der Waals surface area (Å²) in [4.78, 5) is 0. The lowest BCUT2D eigenvalue weighted by Gasteiger charge is -2.07. The zero-order valence-corrected chi connectivity index (χ0v) is 17.8. The van der Waals surface area contributed by atoms with E-state index in [9.17, 15) is 8.42 Å². The molecule has 0 unspecified atom stereocenters. The van der Waals surface area contributed by atoms with Gasteiger partial charge in [-0.2, -0.15) is 8.42 Å². The Morgan fingerprint density at radius 2 is 0.926 bits per heavy atom. The second kappa shape index (κ2) is 20.5. The molecular formula is C19H40O7S. The maximum absolute atomic E-state index is 10.3. The van der Waals surface area contributed by atoms with E-state index in [0.717, 1.165) is 13.0 Å². The molecule has 0 aromatic rings. The summed E-state index contributed by atoms with van der Waals surface area (Å²) in [5.74, 6) is 0. The molecule has 0 heterocycles. The van der Waals surface area contributed by atoms with Crippen LogP contribution in [0.25, 0.3) is 0 Å². The normalized spacial score (nSPS) is 11.9. The highest BCUT2D eigenvalue weighted by Gasteiger charge is 2.02. The van der Waals surface area contributed by atoms with E-state index in [0.29, 0.717) is 26.4 Å². The van der Waals surface area contributed by atoms with E-state index in [-0.39, 0.29) is 13.2 Å². The van der Waals surface area contributed by atoms with E-state index in [1.54, 1.807) is 0 Å². The smallest absolute Gasteiger partial charge is 0.379 e. The molecule has 0 aliphatic rings. The predicted octanol–water partition coefficient (Wildman–Crippen LogP) is 4.17. The molecule has 0 atom stereocenters. The van der Waals surface area contributed by atoms with Crippen LogP contribution < -0.4 is 0 Å². The standard InChI is InChI=1S/C19H40O7S/c1-2-3-4-5-6-7-8-9-10-11-12-13-23-14-15-24-16-17-25-18-19-26-27(20,21)22/h2-19H2,1H3,(H,20,21,22). The molecule has 8 heteroatoms. The molecule has 7 nitrogen and oxygen atoms in total. The maximum Gasteiger partial charge on any atom is 0.397 e. The third-order valence-electron chi connectivity index (χ3n) is 4.10. The molecule has 0 spiro atoms. The zero-order chi connectivity index (χ0) is 20.1. The fraction of sp³-hybridized carbons (Fsp3) is 1.00. The second-order valence-electron chi connectivity index (χ2n) is 6.62. The van der Waals surface area contributed by atoms with Gasteiger partial charge in [-0.15, -0.1) is 0 Å². The van der Waals surface area contributed by atoms with Crippen molar-refractivity contribution in [2.45, 2.75) is 77.6 Å². The molecule has 164 valence electrons. The molecular weight excluding hydrogens is 372 g/mol. The summed E-state index contributed by atoms with van der Waals surface area (Å²) < 4.78 is 48.9. The van der Waals surface area contributed by atoms with E-state index in [4.69, 9.17) is 18.8 Å². The van der Waals surface area contributed by atoms with E-state index in [2.05, 4.69) is 11.1 Å². The lowest BCUT2D eigenvalue weighted by Crippen LogP contribution is -2.13. The summed E-state index contributed by atoms with van der Waals surface area (Å²) in [7, 11) is -4.38. The van der Waals surface area contributed by atoms with Crippen LogP contribution in [0.1, 0.15) is 77.6 Å². The molecule has 0 bridgehead atoms. The van der Waals surface area contributed by atoms with Crippen molar-refractivity contribution < 1.29 is 31.4 Å². The minimum atomic E-state index is -4.38. The first-order chi connectivity index (χ1) is 13.1. The molecule has 0 amide bonds. The van der Waals surface area contributed by atoms with Crippen LogP contribution in [-0.2, 0) is 28.8 Å². The SMILES string of the molecule is CCCCCCCCCCCCCOCCOCCOCCOS(=O)(=O)O. The van der Waals surface area contributed by atoms with Gasteiger partial charge in [0, 0.05) is 6.61 Å². The van der Waals surface area contributed by atoms with Crippen LogP contribution in [-0.4, -0.2) is 59.2 Å². The van der Waals surface area contributed by atoms with Crippen LogP contribution in [0.2, 0.25) is 0 Å². The molecule has 0 aromatic heterocycles. The summed E-state index contributed by atoms with van der Waals surface area (Å²) in [5.41, 5.74) is 0. The number of hydrogen-bond acceptors (Lipinski definition) is 6. The summed E-state index contributed by atoms with van der Waals surface area (Å²) in [5, 5.41) is 0. The van der Waals surface area contributed by atoms with Crippen molar-refractivity contribution in [1.29, 1.82) is 0 Å². The molecule has 0 saturated heterocycles. The number of ether oxygens (including phenoxy) is 3. The highest BCUT2D eigenvalue weighted by Crippen LogP contribution is 2.11. The Morgan fingerprint density at radius 3 is 1.37 bits per heavy atom. The van der Waals surface area contributed by atoms with Crippen LogP contribution in [0.4, 0.5) is 0 Å². The van der Waals surface area contributed by atoms with Crippen molar-refractivity contribution in [2.75, 3.05) is 46.2 Å². The molecule has 27 heavy (non-hydrogen) atoms. The Hall–Kier alpha value is -0.250. The minimum absolute atomic E-state index is 0.0819. The molecule has 0 aliphatic heterocycles. The predicted molar refractivity (Wildman–Crippen MR) is 106 cm³/mol. The molecule has 0 saturated carbocycles. The Morgan fingerprint density at radius 1 is 0.556 bits per heavy atom. The van der Waals surface area contributed by atoms with E-state index < -0.39 is 10.4 Å². The van der Waals surface area contributed by atoms with Crippen molar-refractivity contribution in [3.8, 4) is 0 Å². The Balaban J connectivity index is 3.03. The molecule has 0 aromatic carbocycles. The van der Waals surface area contributed by atoms with Gasteiger partial charge >= 0.3 is 10.4 Å². The van der Waals surface area contributed by atoms with Crippen molar-refractivity contribution in [2.24, 2.45) is 0 Å².